The SMILES string of the molecule is CCC(C)n1ccc(CC(=O)Cc2ccc(Cl)c(Cl)c2)n1. The predicted molar refractivity (Wildman–Crippen MR) is 86.1 cm³/mol. The van der Waals surface area contributed by atoms with Crippen LogP contribution in [-0.4, -0.2) is 15.6 Å². The molecule has 1 unspecified atom stereocenters. The molecule has 0 aliphatic heterocycles. The van der Waals surface area contributed by atoms with Gasteiger partial charge in [0.25, 0.3) is 0 Å². The van der Waals surface area contributed by atoms with Crippen molar-refractivity contribution in [2.24, 2.45) is 0 Å². The molecule has 2 aromatic rings. The average molecular weight is 325 g/mol. The quantitative estimate of drug-likeness (QED) is 0.783. The number of Topliss-reactive ketones (excluding diaryl/α,β-unsaturated/α-hetero) is 1. The Balaban J connectivity index is 1.98. The molecule has 0 aliphatic rings. The van der Waals surface area contributed by atoms with Crippen LogP contribution in [0.5, 0.6) is 0 Å². The number of ketones is 1. The van der Waals surface area contributed by atoms with Gasteiger partial charge in [-0.3, -0.25) is 9.48 Å². The maximum absolute atomic E-state index is 12.1. The van der Waals surface area contributed by atoms with E-state index in [2.05, 4.69) is 18.9 Å². The minimum atomic E-state index is 0.114. The normalized spacial score (nSPS) is 12.4. The first kappa shape index (κ1) is 16.1. The van der Waals surface area contributed by atoms with Gasteiger partial charge in [0.15, 0.2) is 0 Å². The number of rotatable bonds is 6. The summed E-state index contributed by atoms with van der Waals surface area (Å²) in [6.45, 7) is 4.22. The lowest BCUT2D eigenvalue weighted by Crippen LogP contribution is -2.09. The molecule has 5 heteroatoms. The van der Waals surface area contributed by atoms with Gasteiger partial charge < -0.3 is 0 Å². The molecule has 0 aliphatic carbocycles. The fraction of sp³-hybridized carbons (Fsp3) is 0.375. The van der Waals surface area contributed by atoms with Crippen LogP contribution in [0, 0.1) is 0 Å². The number of hydrogen-bond donors (Lipinski definition) is 0. The van der Waals surface area contributed by atoms with Crippen molar-refractivity contribution in [3.63, 3.8) is 0 Å². The molecule has 1 aromatic carbocycles. The largest absolute Gasteiger partial charge is 0.299 e. The highest BCUT2D eigenvalue weighted by atomic mass is 35.5. The lowest BCUT2D eigenvalue weighted by molar-refractivity contribution is -0.117. The molecule has 0 bridgehead atoms. The van der Waals surface area contributed by atoms with E-state index >= 15 is 0 Å². The molecule has 0 radical (unpaired) electrons. The molecule has 0 spiro atoms. The lowest BCUT2D eigenvalue weighted by Gasteiger charge is -2.08. The number of benzene rings is 1. The minimum absolute atomic E-state index is 0.114. The van der Waals surface area contributed by atoms with Crippen LogP contribution in [-0.2, 0) is 17.6 Å². The molecule has 2 rings (SSSR count). The van der Waals surface area contributed by atoms with Crippen LogP contribution in [0.3, 0.4) is 0 Å². The van der Waals surface area contributed by atoms with Crippen molar-refractivity contribution in [1.82, 2.24) is 9.78 Å². The molecule has 3 nitrogen and oxygen atoms in total. The topological polar surface area (TPSA) is 34.9 Å². The van der Waals surface area contributed by atoms with Crippen molar-refractivity contribution in [3.05, 3.63) is 51.8 Å². The van der Waals surface area contributed by atoms with E-state index in [9.17, 15) is 4.79 Å². The van der Waals surface area contributed by atoms with Crippen molar-refractivity contribution in [2.45, 2.75) is 39.2 Å². The van der Waals surface area contributed by atoms with E-state index in [1.54, 1.807) is 12.1 Å². The summed E-state index contributed by atoms with van der Waals surface area (Å²) in [6.07, 6.45) is 3.62. The van der Waals surface area contributed by atoms with Crippen LogP contribution in [0.1, 0.15) is 37.6 Å². The Morgan fingerprint density at radius 1 is 1.24 bits per heavy atom. The van der Waals surface area contributed by atoms with E-state index < -0.39 is 0 Å². The Kier molecular flexibility index (Phi) is 5.43. The highest BCUT2D eigenvalue weighted by Crippen LogP contribution is 2.23. The van der Waals surface area contributed by atoms with Crippen LogP contribution in [0.25, 0.3) is 0 Å². The lowest BCUT2D eigenvalue weighted by atomic mass is 10.1. The van der Waals surface area contributed by atoms with Crippen molar-refractivity contribution < 1.29 is 4.79 Å². The summed E-state index contributed by atoms with van der Waals surface area (Å²) in [7, 11) is 0. The average Bonchev–Trinajstić information content (AvgIpc) is 2.90. The van der Waals surface area contributed by atoms with Crippen molar-refractivity contribution >= 4 is 29.0 Å². The Bertz CT molecular complexity index is 637. The minimum Gasteiger partial charge on any atom is -0.299 e. The molecule has 0 fully saturated rings. The molecule has 21 heavy (non-hydrogen) atoms. The number of hydrogen-bond acceptors (Lipinski definition) is 2. The first-order valence-electron chi connectivity index (χ1n) is 6.99. The molecule has 0 saturated heterocycles. The van der Waals surface area contributed by atoms with E-state index in [0.29, 0.717) is 28.9 Å². The van der Waals surface area contributed by atoms with Crippen LogP contribution in [0.15, 0.2) is 30.5 Å². The van der Waals surface area contributed by atoms with Gasteiger partial charge in [-0.25, -0.2) is 0 Å². The Labute approximate surface area is 134 Å². The van der Waals surface area contributed by atoms with Crippen molar-refractivity contribution in [3.8, 4) is 0 Å². The smallest absolute Gasteiger partial charge is 0.143 e. The second-order valence-corrected chi connectivity index (χ2v) is 6.00. The van der Waals surface area contributed by atoms with Gasteiger partial charge in [0.2, 0.25) is 0 Å². The highest BCUT2D eigenvalue weighted by Gasteiger charge is 2.10. The Morgan fingerprint density at radius 3 is 2.67 bits per heavy atom. The number of nitrogens with zero attached hydrogens (tertiary/aromatic N) is 2. The number of halogens is 2. The van der Waals surface area contributed by atoms with Crippen LogP contribution in [0.4, 0.5) is 0 Å². The summed E-state index contributed by atoms with van der Waals surface area (Å²) >= 11 is 11.8. The van der Waals surface area contributed by atoms with Crippen LogP contribution < -0.4 is 0 Å². The number of carbonyl (C=O) groups excluding carboxylic acids is 1. The molecule has 1 aromatic heterocycles. The maximum atomic E-state index is 12.1. The molecule has 0 amide bonds. The first-order valence-corrected chi connectivity index (χ1v) is 7.74. The predicted octanol–water partition coefficient (Wildman–Crippen LogP) is 4.52. The monoisotopic (exact) mass is 324 g/mol. The third kappa shape index (κ3) is 4.32. The van der Waals surface area contributed by atoms with Gasteiger partial charge in [0.05, 0.1) is 22.2 Å². The van der Waals surface area contributed by atoms with Gasteiger partial charge in [-0.05, 0) is 37.1 Å². The maximum Gasteiger partial charge on any atom is 0.143 e. The summed E-state index contributed by atoms with van der Waals surface area (Å²) in [4.78, 5) is 12.1. The third-order valence-corrected chi connectivity index (χ3v) is 4.21. The van der Waals surface area contributed by atoms with Crippen molar-refractivity contribution in [2.75, 3.05) is 0 Å². The number of carbonyl (C=O) groups is 1. The van der Waals surface area contributed by atoms with Gasteiger partial charge in [-0.1, -0.05) is 36.2 Å². The number of aromatic nitrogens is 2. The van der Waals surface area contributed by atoms with Gasteiger partial charge in [-0.15, -0.1) is 0 Å². The summed E-state index contributed by atoms with van der Waals surface area (Å²) in [5, 5.41) is 5.42. The summed E-state index contributed by atoms with van der Waals surface area (Å²) in [5.74, 6) is 0.114. The molecular weight excluding hydrogens is 307 g/mol. The fourth-order valence-corrected chi connectivity index (χ4v) is 2.37. The fourth-order valence-electron chi connectivity index (χ4n) is 2.05. The molecule has 112 valence electrons. The van der Waals surface area contributed by atoms with E-state index in [1.807, 2.05) is 23.0 Å². The standard InChI is InChI=1S/C16H18Cl2N2O/c1-3-11(2)20-7-6-13(19-20)10-14(21)8-12-4-5-15(17)16(18)9-12/h4-7,9,11H,3,8,10H2,1-2H3. The highest BCUT2D eigenvalue weighted by molar-refractivity contribution is 6.42. The zero-order chi connectivity index (χ0) is 15.4. The Morgan fingerprint density at radius 2 is 2.00 bits per heavy atom. The zero-order valence-corrected chi connectivity index (χ0v) is 13.7. The van der Waals surface area contributed by atoms with E-state index in [1.165, 1.54) is 0 Å². The zero-order valence-electron chi connectivity index (χ0n) is 12.1. The van der Waals surface area contributed by atoms with E-state index in [4.69, 9.17) is 23.2 Å². The first-order chi connectivity index (χ1) is 9.99. The molecule has 0 N–H and O–H groups in total. The van der Waals surface area contributed by atoms with Gasteiger partial charge in [0, 0.05) is 18.7 Å². The van der Waals surface area contributed by atoms with Gasteiger partial charge in [-0.2, -0.15) is 5.10 Å². The second-order valence-electron chi connectivity index (χ2n) is 5.19. The molecule has 1 atom stereocenters. The van der Waals surface area contributed by atoms with Gasteiger partial charge in [0.1, 0.15) is 5.78 Å². The second kappa shape index (κ2) is 7.10. The van der Waals surface area contributed by atoms with Crippen LogP contribution in [0.2, 0.25) is 10.0 Å². The molecule has 0 saturated carbocycles. The van der Waals surface area contributed by atoms with Crippen molar-refractivity contribution in [1.29, 1.82) is 0 Å². The summed E-state index contributed by atoms with van der Waals surface area (Å²) in [6, 6.07) is 7.52. The third-order valence-electron chi connectivity index (χ3n) is 3.47. The van der Waals surface area contributed by atoms with E-state index in [0.717, 1.165) is 17.7 Å². The summed E-state index contributed by atoms with van der Waals surface area (Å²) in [5.41, 5.74) is 1.68. The molecular formula is C16H18Cl2N2O. The molecule has 1 heterocycles. The van der Waals surface area contributed by atoms with Crippen LogP contribution >= 0.6 is 23.2 Å². The van der Waals surface area contributed by atoms with E-state index in [-0.39, 0.29) is 5.78 Å². The van der Waals surface area contributed by atoms with Gasteiger partial charge >= 0.3 is 0 Å². The summed E-state index contributed by atoms with van der Waals surface area (Å²) < 4.78 is 1.90. The Hall–Kier alpha value is -1.32.